The topological polar surface area (TPSA) is 41.1 Å². The molecule has 0 amide bonds. The van der Waals surface area contributed by atoms with Crippen LogP contribution in [-0.4, -0.2) is 52.6 Å². The van der Waals surface area contributed by atoms with Gasteiger partial charge in [-0.1, -0.05) is 0 Å². The summed E-state index contributed by atoms with van der Waals surface area (Å²) in [7, 11) is 0. The Labute approximate surface area is 114 Å². The molecule has 1 aliphatic heterocycles. The van der Waals surface area contributed by atoms with Crippen LogP contribution in [0.2, 0.25) is 0 Å². The Morgan fingerprint density at radius 3 is 2.69 bits per heavy atom. The van der Waals surface area contributed by atoms with Crippen LogP contribution in [0.1, 0.15) is 0 Å². The molecule has 1 aromatic heterocycles. The fraction of sp³-hybridized carbons (Fsp3) is 0.600. The second-order valence-corrected chi connectivity index (χ2v) is 6.08. The summed E-state index contributed by atoms with van der Waals surface area (Å²) in [5.41, 5.74) is 0. The molecule has 2 heterocycles. The molecule has 0 saturated carbocycles. The van der Waals surface area contributed by atoms with Crippen LogP contribution in [0.15, 0.2) is 12.4 Å². The summed E-state index contributed by atoms with van der Waals surface area (Å²) in [4.78, 5) is 10.9. The third-order valence-corrected chi connectivity index (χ3v) is 3.93. The summed E-state index contributed by atoms with van der Waals surface area (Å²) in [6.45, 7) is 4.42. The molecule has 2 rings (SSSR count). The maximum Gasteiger partial charge on any atom is 0.222 e. The van der Waals surface area contributed by atoms with E-state index in [2.05, 4.69) is 42.8 Å². The third-order valence-electron chi connectivity index (χ3n) is 2.44. The zero-order valence-corrected chi connectivity index (χ0v) is 12.0. The number of nitrogens with one attached hydrogen (secondary N) is 1. The summed E-state index contributed by atoms with van der Waals surface area (Å²) in [5.74, 6) is 3.26. The lowest BCUT2D eigenvalue weighted by molar-refractivity contribution is 0.314. The van der Waals surface area contributed by atoms with Gasteiger partial charge in [0.25, 0.3) is 0 Å². The first-order chi connectivity index (χ1) is 7.84. The second kappa shape index (κ2) is 6.61. The van der Waals surface area contributed by atoms with Crippen molar-refractivity contribution in [1.29, 1.82) is 0 Å². The minimum absolute atomic E-state index is 0.729. The summed E-state index contributed by atoms with van der Waals surface area (Å²) in [6.07, 6.45) is 3.65. The van der Waals surface area contributed by atoms with Crippen LogP contribution in [0.25, 0.3) is 0 Å². The number of hydrogen-bond donors (Lipinski definition) is 1. The average molecular weight is 350 g/mol. The van der Waals surface area contributed by atoms with Crippen molar-refractivity contribution in [3.05, 3.63) is 16.0 Å². The van der Waals surface area contributed by atoms with Crippen molar-refractivity contribution in [3.8, 4) is 0 Å². The minimum Gasteiger partial charge on any atom is -0.353 e. The van der Waals surface area contributed by atoms with Gasteiger partial charge in [-0.2, -0.15) is 11.8 Å². The van der Waals surface area contributed by atoms with E-state index >= 15 is 0 Å². The Morgan fingerprint density at radius 1 is 1.31 bits per heavy atom. The number of thioether (sulfide) groups is 1. The van der Waals surface area contributed by atoms with E-state index in [1.807, 2.05) is 24.2 Å². The highest BCUT2D eigenvalue weighted by Crippen LogP contribution is 2.08. The fourth-order valence-electron chi connectivity index (χ4n) is 1.55. The lowest BCUT2D eigenvalue weighted by atomic mass is 10.4. The molecule has 1 fully saturated rings. The third kappa shape index (κ3) is 4.06. The number of nitrogens with zero attached hydrogens (tertiary/aromatic N) is 3. The molecule has 4 nitrogen and oxygen atoms in total. The predicted octanol–water partition coefficient (Wildman–Crippen LogP) is 1.54. The van der Waals surface area contributed by atoms with Crippen molar-refractivity contribution in [2.24, 2.45) is 0 Å². The Bertz CT molecular complexity index is 313. The number of hydrogen-bond acceptors (Lipinski definition) is 5. The summed E-state index contributed by atoms with van der Waals surface area (Å²) < 4.78 is 1.07. The summed E-state index contributed by atoms with van der Waals surface area (Å²) >= 11 is 4.25. The predicted molar refractivity (Wildman–Crippen MR) is 77.0 cm³/mol. The minimum atomic E-state index is 0.729. The van der Waals surface area contributed by atoms with E-state index in [0.29, 0.717) is 0 Å². The van der Waals surface area contributed by atoms with E-state index in [4.69, 9.17) is 0 Å². The quantitative estimate of drug-likeness (QED) is 0.835. The van der Waals surface area contributed by atoms with Gasteiger partial charge in [0, 0.05) is 53.6 Å². The molecule has 6 heteroatoms. The highest BCUT2D eigenvalue weighted by atomic mass is 127. The molecular formula is C10H15IN4S. The van der Waals surface area contributed by atoms with E-state index < -0.39 is 0 Å². The maximum absolute atomic E-state index is 4.21. The van der Waals surface area contributed by atoms with Gasteiger partial charge in [-0.15, -0.1) is 0 Å². The standard InChI is InChI=1S/C10H15IN4S/c11-9-7-13-10(14-8-9)12-1-2-15-3-5-16-6-4-15/h7-8H,1-6H2,(H,12,13,14). The van der Waals surface area contributed by atoms with Crippen LogP contribution in [0.4, 0.5) is 5.95 Å². The Hall–Kier alpha value is -0.0800. The fourth-order valence-corrected chi connectivity index (χ4v) is 2.81. The van der Waals surface area contributed by atoms with Gasteiger partial charge in [0.1, 0.15) is 0 Å². The molecule has 16 heavy (non-hydrogen) atoms. The van der Waals surface area contributed by atoms with E-state index in [0.717, 1.165) is 22.6 Å². The molecule has 0 aliphatic carbocycles. The zero-order chi connectivity index (χ0) is 11.2. The van der Waals surface area contributed by atoms with Crippen molar-refractivity contribution >= 4 is 40.3 Å². The van der Waals surface area contributed by atoms with E-state index in [-0.39, 0.29) is 0 Å². The van der Waals surface area contributed by atoms with Crippen molar-refractivity contribution in [2.75, 3.05) is 43.0 Å². The van der Waals surface area contributed by atoms with Crippen LogP contribution >= 0.6 is 34.4 Å². The Kier molecular flexibility index (Phi) is 5.11. The smallest absolute Gasteiger partial charge is 0.222 e. The molecule has 1 saturated heterocycles. The van der Waals surface area contributed by atoms with Gasteiger partial charge < -0.3 is 5.32 Å². The molecule has 0 unspecified atom stereocenters. The van der Waals surface area contributed by atoms with Crippen LogP contribution in [0.5, 0.6) is 0 Å². The van der Waals surface area contributed by atoms with Crippen molar-refractivity contribution in [2.45, 2.75) is 0 Å². The molecule has 0 aromatic carbocycles. The first-order valence-electron chi connectivity index (χ1n) is 5.36. The van der Waals surface area contributed by atoms with E-state index in [1.165, 1.54) is 24.6 Å². The normalized spacial score (nSPS) is 17.3. The van der Waals surface area contributed by atoms with E-state index in [1.54, 1.807) is 0 Å². The highest BCUT2D eigenvalue weighted by Gasteiger charge is 2.09. The molecular weight excluding hydrogens is 335 g/mol. The van der Waals surface area contributed by atoms with Crippen LogP contribution in [-0.2, 0) is 0 Å². The largest absolute Gasteiger partial charge is 0.353 e. The number of rotatable bonds is 4. The van der Waals surface area contributed by atoms with Gasteiger partial charge >= 0.3 is 0 Å². The molecule has 0 atom stereocenters. The monoisotopic (exact) mass is 350 g/mol. The molecule has 1 aliphatic rings. The SMILES string of the molecule is Ic1cnc(NCCN2CCSCC2)nc1. The summed E-state index contributed by atoms with van der Waals surface area (Å²) in [6, 6.07) is 0. The number of halogens is 1. The highest BCUT2D eigenvalue weighted by molar-refractivity contribution is 14.1. The van der Waals surface area contributed by atoms with Gasteiger partial charge in [0.15, 0.2) is 0 Å². The van der Waals surface area contributed by atoms with Gasteiger partial charge in [0.05, 0.1) is 0 Å². The Balaban J connectivity index is 1.69. The lowest BCUT2D eigenvalue weighted by Gasteiger charge is -2.25. The van der Waals surface area contributed by atoms with Gasteiger partial charge in [-0.05, 0) is 22.6 Å². The van der Waals surface area contributed by atoms with Crippen LogP contribution in [0.3, 0.4) is 0 Å². The average Bonchev–Trinajstić information content (AvgIpc) is 2.33. The summed E-state index contributed by atoms with van der Waals surface area (Å²) in [5, 5.41) is 3.25. The van der Waals surface area contributed by atoms with Gasteiger partial charge in [-0.3, -0.25) is 4.90 Å². The molecule has 0 bridgehead atoms. The van der Waals surface area contributed by atoms with Crippen molar-refractivity contribution in [3.63, 3.8) is 0 Å². The number of aromatic nitrogens is 2. The molecule has 1 N–H and O–H groups in total. The second-order valence-electron chi connectivity index (χ2n) is 3.61. The van der Waals surface area contributed by atoms with Crippen LogP contribution in [0, 0.1) is 3.57 Å². The number of anilines is 1. The lowest BCUT2D eigenvalue weighted by Crippen LogP contribution is -2.36. The van der Waals surface area contributed by atoms with Gasteiger partial charge in [-0.25, -0.2) is 9.97 Å². The molecule has 88 valence electrons. The molecule has 1 aromatic rings. The van der Waals surface area contributed by atoms with Gasteiger partial charge in [0.2, 0.25) is 5.95 Å². The first kappa shape index (κ1) is 12.4. The van der Waals surface area contributed by atoms with E-state index in [9.17, 15) is 0 Å². The van der Waals surface area contributed by atoms with Crippen LogP contribution < -0.4 is 5.32 Å². The Morgan fingerprint density at radius 2 is 2.00 bits per heavy atom. The maximum atomic E-state index is 4.21. The molecule has 0 radical (unpaired) electrons. The molecule has 0 spiro atoms. The van der Waals surface area contributed by atoms with Crippen molar-refractivity contribution in [1.82, 2.24) is 14.9 Å². The first-order valence-corrected chi connectivity index (χ1v) is 7.59. The zero-order valence-electron chi connectivity index (χ0n) is 9.03. The van der Waals surface area contributed by atoms with Crippen molar-refractivity contribution < 1.29 is 0 Å².